The summed E-state index contributed by atoms with van der Waals surface area (Å²) in [5, 5.41) is 7.58. The lowest BCUT2D eigenvalue weighted by Gasteiger charge is -2.50. The highest BCUT2D eigenvalue weighted by Gasteiger charge is 2.44. The SMILES string of the molecule is CC(C)CC(C)Nc1ccc2c(c1)C(C)(C)C1CCC(C)CC1N2. The summed E-state index contributed by atoms with van der Waals surface area (Å²) in [5.41, 5.74) is 4.39. The molecule has 1 saturated carbocycles. The van der Waals surface area contributed by atoms with Crippen molar-refractivity contribution in [3.63, 3.8) is 0 Å². The molecule has 1 aromatic carbocycles. The lowest BCUT2D eigenvalue weighted by Crippen LogP contribution is -2.49. The summed E-state index contributed by atoms with van der Waals surface area (Å²) in [6, 6.07) is 8.14. The second kappa shape index (κ2) is 6.61. The predicted molar refractivity (Wildman–Crippen MR) is 106 cm³/mol. The summed E-state index contributed by atoms with van der Waals surface area (Å²) in [4.78, 5) is 0. The second-order valence-electron chi connectivity index (χ2n) is 9.43. The number of fused-ring (bicyclic) bond motifs is 2. The van der Waals surface area contributed by atoms with Gasteiger partial charge in [-0.1, -0.05) is 41.0 Å². The van der Waals surface area contributed by atoms with E-state index in [9.17, 15) is 0 Å². The Morgan fingerprint density at radius 1 is 1.21 bits per heavy atom. The third-order valence-corrected chi connectivity index (χ3v) is 6.33. The standard InChI is InChI=1S/C22H36N2/c1-14(2)11-16(4)23-17-8-10-20-19(13-17)22(5,6)18-9-7-15(3)12-21(18)24-20/h8,10,13-16,18,21,23-24H,7,9,11-12H2,1-6H3. The summed E-state index contributed by atoms with van der Waals surface area (Å²) < 4.78 is 0. The molecule has 3 rings (SSSR count). The molecule has 0 saturated heterocycles. The van der Waals surface area contributed by atoms with Gasteiger partial charge in [-0.15, -0.1) is 0 Å². The molecule has 2 heteroatoms. The van der Waals surface area contributed by atoms with Crippen LogP contribution in [0.4, 0.5) is 11.4 Å². The van der Waals surface area contributed by atoms with Crippen LogP contribution in [-0.4, -0.2) is 12.1 Å². The molecule has 1 heterocycles. The molecule has 0 spiro atoms. The fourth-order valence-electron chi connectivity index (χ4n) is 5.15. The number of hydrogen-bond donors (Lipinski definition) is 2. The van der Waals surface area contributed by atoms with E-state index in [2.05, 4.69) is 70.4 Å². The van der Waals surface area contributed by atoms with Crippen LogP contribution >= 0.6 is 0 Å². The van der Waals surface area contributed by atoms with Gasteiger partial charge in [-0.05, 0) is 73.1 Å². The molecule has 0 aromatic heterocycles. The highest BCUT2D eigenvalue weighted by Crippen LogP contribution is 2.49. The van der Waals surface area contributed by atoms with Crippen molar-refractivity contribution in [3.8, 4) is 0 Å². The van der Waals surface area contributed by atoms with Crippen molar-refractivity contribution in [2.24, 2.45) is 17.8 Å². The lowest BCUT2D eigenvalue weighted by molar-refractivity contribution is 0.174. The Balaban J connectivity index is 1.84. The minimum absolute atomic E-state index is 0.254. The first-order chi connectivity index (χ1) is 11.3. The summed E-state index contributed by atoms with van der Waals surface area (Å²) >= 11 is 0. The molecule has 1 aliphatic carbocycles. The van der Waals surface area contributed by atoms with E-state index in [4.69, 9.17) is 0 Å². The van der Waals surface area contributed by atoms with E-state index in [1.807, 2.05) is 0 Å². The van der Waals surface area contributed by atoms with E-state index in [-0.39, 0.29) is 5.41 Å². The molecule has 134 valence electrons. The molecule has 1 aliphatic heterocycles. The Kier molecular flexibility index (Phi) is 4.86. The summed E-state index contributed by atoms with van der Waals surface area (Å²) in [6.45, 7) is 14.2. The van der Waals surface area contributed by atoms with Crippen LogP contribution in [0.15, 0.2) is 18.2 Å². The molecule has 2 nitrogen and oxygen atoms in total. The van der Waals surface area contributed by atoms with Gasteiger partial charge in [-0.2, -0.15) is 0 Å². The van der Waals surface area contributed by atoms with Crippen molar-refractivity contribution in [2.75, 3.05) is 10.6 Å². The fourth-order valence-corrected chi connectivity index (χ4v) is 5.15. The van der Waals surface area contributed by atoms with Gasteiger partial charge in [0.1, 0.15) is 0 Å². The monoisotopic (exact) mass is 328 g/mol. The Morgan fingerprint density at radius 2 is 1.96 bits per heavy atom. The highest BCUT2D eigenvalue weighted by atomic mass is 15.0. The molecule has 0 amide bonds. The quantitative estimate of drug-likeness (QED) is 0.704. The zero-order valence-corrected chi connectivity index (χ0v) is 16.4. The molecule has 2 aliphatic rings. The Labute approximate surface area is 148 Å². The summed E-state index contributed by atoms with van der Waals surface area (Å²) in [5.74, 6) is 2.34. The van der Waals surface area contributed by atoms with Crippen LogP contribution < -0.4 is 10.6 Å². The number of nitrogens with one attached hydrogen (secondary N) is 2. The van der Waals surface area contributed by atoms with Gasteiger partial charge in [-0.25, -0.2) is 0 Å². The molecular weight excluding hydrogens is 292 g/mol. The van der Waals surface area contributed by atoms with Crippen LogP contribution in [0.25, 0.3) is 0 Å². The summed E-state index contributed by atoms with van der Waals surface area (Å²) in [7, 11) is 0. The average molecular weight is 329 g/mol. The van der Waals surface area contributed by atoms with Gasteiger partial charge >= 0.3 is 0 Å². The maximum Gasteiger partial charge on any atom is 0.0382 e. The molecule has 4 atom stereocenters. The smallest absolute Gasteiger partial charge is 0.0382 e. The highest BCUT2D eigenvalue weighted by molar-refractivity contribution is 5.64. The minimum Gasteiger partial charge on any atom is -0.383 e. The maximum absolute atomic E-state index is 3.87. The Bertz CT molecular complexity index is 575. The fraction of sp³-hybridized carbons (Fsp3) is 0.727. The third kappa shape index (κ3) is 3.43. The van der Waals surface area contributed by atoms with E-state index < -0.39 is 0 Å². The van der Waals surface area contributed by atoms with Crippen molar-refractivity contribution in [3.05, 3.63) is 23.8 Å². The van der Waals surface area contributed by atoms with E-state index in [1.54, 1.807) is 0 Å². The molecule has 0 bridgehead atoms. The first kappa shape index (κ1) is 17.6. The molecule has 24 heavy (non-hydrogen) atoms. The van der Waals surface area contributed by atoms with Crippen LogP contribution in [0, 0.1) is 17.8 Å². The van der Waals surface area contributed by atoms with Crippen LogP contribution in [0.3, 0.4) is 0 Å². The molecular formula is C22H36N2. The first-order valence-corrected chi connectivity index (χ1v) is 9.95. The topological polar surface area (TPSA) is 24.1 Å². The molecule has 4 unspecified atom stereocenters. The average Bonchev–Trinajstić information content (AvgIpc) is 2.46. The molecule has 0 radical (unpaired) electrons. The number of benzene rings is 1. The van der Waals surface area contributed by atoms with Crippen molar-refractivity contribution < 1.29 is 0 Å². The molecule has 1 fully saturated rings. The maximum atomic E-state index is 3.87. The number of anilines is 2. The number of hydrogen-bond acceptors (Lipinski definition) is 2. The zero-order valence-electron chi connectivity index (χ0n) is 16.4. The van der Waals surface area contributed by atoms with Gasteiger partial charge in [0.15, 0.2) is 0 Å². The van der Waals surface area contributed by atoms with Gasteiger partial charge in [0.25, 0.3) is 0 Å². The molecule has 1 aromatic rings. The minimum atomic E-state index is 0.254. The number of rotatable bonds is 4. The van der Waals surface area contributed by atoms with E-state index >= 15 is 0 Å². The Hall–Kier alpha value is -1.18. The van der Waals surface area contributed by atoms with Crippen molar-refractivity contribution in [1.29, 1.82) is 0 Å². The van der Waals surface area contributed by atoms with Gasteiger partial charge < -0.3 is 10.6 Å². The van der Waals surface area contributed by atoms with Crippen molar-refractivity contribution in [2.45, 2.75) is 84.7 Å². The molecule has 2 N–H and O–H groups in total. The predicted octanol–water partition coefficient (Wildman–Crippen LogP) is 6.04. The Morgan fingerprint density at radius 3 is 2.67 bits per heavy atom. The third-order valence-electron chi connectivity index (χ3n) is 6.33. The van der Waals surface area contributed by atoms with Gasteiger partial charge in [0.2, 0.25) is 0 Å². The second-order valence-corrected chi connectivity index (χ2v) is 9.43. The van der Waals surface area contributed by atoms with Gasteiger partial charge in [0, 0.05) is 23.5 Å². The first-order valence-electron chi connectivity index (χ1n) is 9.95. The normalized spacial score (nSPS) is 29.4. The van der Waals surface area contributed by atoms with E-state index in [0.717, 1.165) is 17.8 Å². The van der Waals surface area contributed by atoms with Crippen molar-refractivity contribution >= 4 is 11.4 Å². The van der Waals surface area contributed by atoms with Crippen molar-refractivity contribution in [1.82, 2.24) is 0 Å². The van der Waals surface area contributed by atoms with Gasteiger partial charge in [0.05, 0.1) is 0 Å². The zero-order chi connectivity index (χ0) is 17.5. The largest absolute Gasteiger partial charge is 0.383 e. The summed E-state index contributed by atoms with van der Waals surface area (Å²) in [6.07, 6.45) is 5.26. The van der Waals surface area contributed by atoms with E-state index in [0.29, 0.717) is 12.1 Å². The van der Waals surface area contributed by atoms with E-state index in [1.165, 1.54) is 42.6 Å². The van der Waals surface area contributed by atoms with Crippen LogP contribution in [-0.2, 0) is 5.41 Å². The van der Waals surface area contributed by atoms with Gasteiger partial charge in [-0.3, -0.25) is 0 Å². The lowest BCUT2D eigenvalue weighted by atomic mass is 9.61. The van der Waals surface area contributed by atoms with Crippen LogP contribution in [0.2, 0.25) is 0 Å². The van der Waals surface area contributed by atoms with Crippen LogP contribution in [0.1, 0.15) is 72.8 Å². The van der Waals surface area contributed by atoms with Crippen LogP contribution in [0.5, 0.6) is 0 Å².